The zero-order valence-corrected chi connectivity index (χ0v) is 12.1. The largest absolute Gasteiger partial charge is 0.497 e. The molecule has 4 nitrogen and oxygen atoms in total. The van der Waals surface area contributed by atoms with E-state index in [0.717, 1.165) is 12.2 Å². The third-order valence-electron chi connectivity index (χ3n) is 2.98. The lowest BCUT2D eigenvalue weighted by molar-refractivity contribution is -0.128. The first kappa shape index (κ1) is 15.3. The molecule has 2 atom stereocenters. The number of methoxy groups -OCH3 is 1. The molecule has 1 aromatic rings. The summed E-state index contributed by atoms with van der Waals surface area (Å²) in [6.45, 7) is 5.95. The van der Waals surface area contributed by atoms with Crippen LogP contribution in [-0.2, 0) is 4.79 Å². The molecule has 19 heavy (non-hydrogen) atoms. The Morgan fingerprint density at radius 3 is 2.53 bits per heavy atom. The van der Waals surface area contributed by atoms with E-state index in [1.165, 1.54) is 0 Å². The number of amides is 1. The molecule has 0 aromatic heterocycles. The van der Waals surface area contributed by atoms with Gasteiger partial charge in [0.05, 0.1) is 7.11 Å². The second-order valence-electron chi connectivity index (χ2n) is 4.51. The van der Waals surface area contributed by atoms with Crippen LogP contribution in [0.3, 0.4) is 0 Å². The van der Waals surface area contributed by atoms with E-state index in [1.807, 2.05) is 39.0 Å². The van der Waals surface area contributed by atoms with Crippen LogP contribution in [0, 0.1) is 0 Å². The third kappa shape index (κ3) is 4.81. The van der Waals surface area contributed by atoms with Gasteiger partial charge in [0.1, 0.15) is 11.5 Å². The minimum Gasteiger partial charge on any atom is -0.497 e. The molecule has 1 aromatic carbocycles. The lowest BCUT2D eigenvalue weighted by atomic mass is 10.2. The summed E-state index contributed by atoms with van der Waals surface area (Å²) in [6, 6.07) is 7.44. The minimum absolute atomic E-state index is 0.0698. The molecule has 106 valence electrons. The van der Waals surface area contributed by atoms with Crippen molar-refractivity contribution in [1.82, 2.24) is 5.32 Å². The molecule has 1 amide bonds. The number of hydrogen-bond donors (Lipinski definition) is 1. The average Bonchev–Trinajstić information content (AvgIpc) is 2.44. The normalized spacial score (nSPS) is 13.5. The van der Waals surface area contributed by atoms with Crippen molar-refractivity contribution in [3.63, 3.8) is 0 Å². The smallest absolute Gasteiger partial charge is 0.261 e. The summed E-state index contributed by atoms with van der Waals surface area (Å²) < 4.78 is 10.9. The van der Waals surface area contributed by atoms with E-state index in [1.54, 1.807) is 13.2 Å². The summed E-state index contributed by atoms with van der Waals surface area (Å²) in [5.41, 5.74) is 0. The molecule has 0 unspecified atom stereocenters. The maximum absolute atomic E-state index is 12.0. The molecular formula is C15H23NO3. The van der Waals surface area contributed by atoms with E-state index < -0.39 is 6.10 Å². The van der Waals surface area contributed by atoms with Crippen LogP contribution in [0.1, 0.15) is 33.6 Å². The van der Waals surface area contributed by atoms with Crippen LogP contribution >= 0.6 is 0 Å². The second-order valence-corrected chi connectivity index (χ2v) is 4.51. The maximum Gasteiger partial charge on any atom is 0.261 e. The highest BCUT2D eigenvalue weighted by atomic mass is 16.5. The Balaban J connectivity index is 2.67. The Morgan fingerprint density at radius 1 is 1.26 bits per heavy atom. The van der Waals surface area contributed by atoms with E-state index in [2.05, 4.69) is 5.32 Å². The summed E-state index contributed by atoms with van der Waals surface area (Å²) in [6.07, 6.45) is 1.06. The Kier molecular flexibility index (Phi) is 6.19. The lowest BCUT2D eigenvalue weighted by Gasteiger charge is -2.20. The summed E-state index contributed by atoms with van der Waals surface area (Å²) in [5, 5.41) is 2.93. The van der Waals surface area contributed by atoms with E-state index >= 15 is 0 Å². The Bertz CT molecular complexity index is 406. The monoisotopic (exact) mass is 265 g/mol. The standard InChI is InChI=1S/C15H23NO3/c1-5-11(3)16-15(17)14(6-2)19-13-9-7-8-12(10-13)18-4/h7-11,14H,5-6H2,1-4H3,(H,16,17)/t11-,14-/m1/s1. The molecule has 0 spiro atoms. The van der Waals surface area contributed by atoms with Crippen LogP contribution in [-0.4, -0.2) is 25.2 Å². The van der Waals surface area contributed by atoms with Crippen LogP contribution in [0.2, 0.25) is 0 Å². The van der Waals surface area contributed by atoms with Crippen molar-refractivity contribution >= 4 is 5.91 Å². The summed E-state index contributed by atoms with van der Waals surface area (Å²) in [7, 11) is 1.60. The topological polar surface area (TPSA) is 47.6 Å². The van der Waals surface area contributed by atoms with Gasteiger partial charge in [-0.05, 0) is 31.9 Å². The fraction of sp³-hybridized carbons (Fsp3) is 0.533. The van der Waals surface area contributed by atoms with Crippen LogP contribution in [0.4, 0.5) is 0 Å². The zero-order valence-electron chi connectivity index (χ0n) is 12.1. The van der Waals surface area contributed by atoms with Gasteiger partial charge in [0, 0.05) is 12.1 Å². The second kappa shape index (κ2) is 7.67. The molecule has 0 saturated heterocycles. The molecule has 1 rings (SSSR count). The third-order valence-corrected chi connectivity index (χ3v) is 2.98. The van der Waals surface area contributed by atoms with Gasteiger partial charge in [0.2, 0.25) is 0 Å². The molecule has 0 aliphatic rings. The van der Waals surface area contributed by atoms with Crippen molar-refractivity contribution in [2.24, 2.45) is 0 Å². The number of rotatable bonds is 7. The highest BCUT2D eigenvalue weighted by molar-refractivity contribution is 5.81. The predicted octanol–water partition coefficient (Wildman–Crippen LogP) is 2.77. The number of carbonyl (C=O) groups is 1. The highest BCUT2D eigenvalue weighted by Crippen LogP contribution is 2.20. The van der Waals surface area contributed by atoms with Crippen LogP contribution in [0.5, 0.6) is 11.5 Å². The highest BCUT2D eigenvalue weighted by Gasteiger charge is 2.19. The molecule has 0 bridgehead atoms. The molecule has 1 N–H and O–H groups in total. The van der Waals surface area contributed by atoms with Crippen molar-refractivity contribution in [1.29, 1.82) is 0 Å². The quantitative estimate of drug-likeness (QED) is 0.824. The van der Waals surface area contributed by atoms with Gasteiger partial charge in [-0.2, -0.15) is 0 Å². The number of nitrogens with one attached hydrogen (secondary N) is 1. The molecule has 0 radical (unpaired) electrons. The minimum atomic E-state index is -0.471. The number of hydrogen-bond acceptors (Lipinski definition) is 3. The van der Waals surface area contributed by atoms with E-state index in [0.29, 0.717) is 12.2 Å². The van der Waals surface area contributed by atoms with Gasteiger partial charge in [-0.1, -0.05) is 19.9 Å². The summed E-state index contributed by atoms with van der Waals surface area (Å²) in [4.78, 5) is 12.0. The fourth-order valence-electron chi connectivity index (χ4n) is 1.60. The predicted molar refractivity (Wildman–Crippen MR) is 75.6 cm³/mol. The summed E-state index contributed by atoms with van der Waals surface area (Å²) >= 11 is 0. The molecule has 0 saturated carbocycles. The van der Waals surface area contributed by atoms with Crippen molar-refractivity contribution in [2.45, 2.75) is 45.8 Å². The number of ether oxygens (including phenoxy) is 2. The van der Waals surface area contributed by atoms with Crippen LogP contribution in [0.15, 0.2) is 24.3 Å². The zero-order chi connectivity index (χ0) is 14.3. The Labute approximate surface area is 115 Å². The molecule has 0 fully saturated rings. The van der Waals surface area contributed by atoms with Crippen molar-refractivity contribution in [3.8, 4) is 11.5 Å². The van der Waals surface area contributed by atoms with Crippen molar-refractivity contribution < 1.29 is 14.3 Å². The molecular weight excluding hydrogens is 242 g/mol. The van der Waals surface area contributed by atoms with Crippen molar-refractivity contribution in [3.05, 3.63) is 24.3 Å². The first-order chi connectivity index (χ1) is 9.10. The number of benzene rings is 1. The van der Waals surface area contributed by atoms with Crippen LogP contribution in [0.25, 0.3) is 0 Å². The Morgan fingerprint density at radius 2 is 1.95 bits per heavy atom. The first-order valence-corrected chi connectivity index (χ1v) is 6.71. The molecule has 0 heterocycles. The molecule has 0 aliphatic heterocycles. The van der Waals surface area contributed by atoms with Gasteiger partial charge in [-0.15, -0.1) is 0 Å². The van der Waals surface area contributed by atoms with Gasteiger partial charge in [0.15, 0.2) is 6.10 Å². The van der Waals surface area contributed by atoms with Gasteiger partial charge in [-0.25, -0.2) is 0 Å². The first-order valence-electron chi connectivity index (χ1n) is 6.71. The van der Waals surface area contributed by atoms with E-state index in [-0.39, 0.29) is 11.9 Å². The van der Waals surface area contributed by atoms with Gasteiger partial charge in [-0.3, -0.25) is 4.79 Å². The van der Waals surface area contributed by atoms with E-state index in [9.17, 15) is 4.79 Å². The van der Waals surface area contributed by atoms with E-state index in [4.69, 9.17) is 9.47 Å². The molecule has 0 aliphatic carbocycles. The van der Waals surface area contributed by atoms with Gasteiger partial charge >= 0.3 is 0 Å². The average molecular weight is 265 g/mol. The van der Waals surface area contributed by atoms with Gasteiger partial charge in [0.25, 0.3) is 5.91 Å². The maximum atomic E-state index is 12.0. The van der Waals surface area contributed by atoms with Crippen LogP contribution < -0.4 is 14.8 Å². The van der Waals surface area contributed by atoms with Gasteiger partial charge < -0.3 is 14.8 Å². The lowest BCUT2D eigenvalue weighted by Crippen LogP contribution is -2.42. The number of carbonyl (C=O) groups excluding carboxylic acids is 1. The SMILES string of the molecule is CC[C@@H](C)NC(=O)[C@@H](CC)Oc1cccc(OC)c1. The van der Waals surface area contributed by atoms with Crippen molar-refractivity contribution in [2.75, 3.05) is 7.11 Å². The summed E-state index contributed by atoms with van der Waals surface area (Å²) in [5.74, 6) is 1.29. The Hall–Kier alpha value is -1.71. The fourth-order valence-corrected chi connectivity index (χ4v) is 1.60. The molecule has 4 heteroatoms.